The van der Waals surface area contributed by atoms with Crippen molar-refractivity contribution in [1.29, 1.82) is 0 Å². The lowest BCUT2D eigenvalue weighted by molar-refractivity contribution is -0.384. The SMILES string of the molecule is Cc1ccc([C@@H](C)NC(=O)/C(=C/c2cccc([N+](=O)[O-])c2)c2ccccc2)cc1. The summed E-state index contributed by atoms with van der Waals surface area (Å²) >= 11 is 0. The lowest BCUT2D eigenvalue weighted by Crippen LogP contribution is -2.27. The molecular weight excluding hydrogens is 364 g/mol. The number of rotatable bonds is 6. The second kappa shape index (κ2) is 8.97. The zero-order valence-electron chi connectivity index (χ0n) is 16.3. The molecule has 0 spiro atoms. The summed E-state index contributed by atoms with van der Waals surface area (Å²) in [5, 5.41) is 14.1. The fourth-order valence-electron chi connectivity index (χ4n) is 3.01. The van der Waals surface area contributed by atoms with Gasteiger partial charge in [-0.2, -0.15) is 0 Å². The highest BCUT2D eigenvalue weighted by Gasteiger charge is 2.16. The molecule has 1 atom stereocenters. The quantitative estimate of drug-likeness (QED) is 0.270. The van der Waals surface area contributed by atoms with E-state index in [1.165, 1.54) is 12.1 Å². The molecule has 0 fully saturated rings. The molecule has 0 saturated carbocycles. The summed E-state index contributed by atoms with van der Waals surface area (Å²) < 4.78 is 0. The fraction of sp³-hybridized carbons (Fsp3) is 0.125. The van der Waals surface area contributed by atoms with Gasteiger partial charge < -0.3 is 5.32 Å². The Bertz CT molecular complexity index is 1040. The number of hydrogen-bond acceptors (Lipinski definition) is 3. The highest BCUT2D eigenvalue weighted by Crippen LogP contribution is 2.23. The number of nitrogens with one attached hydrogen (secondary N) is 1. The van der Waals surface area contributed by atoms with Crippen molar-refractivity contribution >= 4 is 23.2 Å². The summed E-state index contributed by atoms with van der Waals surface area (Å²) in [4.78, 5) is 23.7. The molecule has 5 nitrogen and oxygen atoms in total. The van der Waals surface area contributed by atoms with Gasteiger partial charge in [-0.25, -0.2) is 0 Å². The number of nitro benzene ring substituents is 1. The molecule has 5 heteroatoms. The van der Waals surface area contributed by atoms with E-state index in [-0.39, 0.29) is 17.6 Å². The average Bonchev–Trinajstić information content (AvgIpc) is 2.73. The molecule has 0 aliphatic rings. The van der Waals surface area contributed by atoms with E-state index in [1.54, 1.807) is 18.2 Å². The molecular formula is C24H22N2O3. The van der Waals surface area contributed by atoms with Crippen molar-refractivity contribution in [2.75, 3.05) is 0 Å². The smallest absolute Gasteiger partial charge is 0.270 e. The van der Waals surface area contributed by atoms with Gasteiger partial charge in [-0.15, -0.1) is 0 Å². The third kappa shape index (κ3) is 5.17. The molecule has 3 aromatic carbocycles. The Morgan fingerprint density at radius 2 is 1.69 bits per heavy atom. The van der Waals surface area contributed by atoms with Crippen LogP contribution in [-0.2, 0) is 4.79 Å². The number of amides is 1. The first kappa shape index (κ1) is 20.0. The molecule has 0 aliphatic heterocycles. The zero-order valence-corrected chi connectivity index (χ0v) is 16.3. The number of nitrogens with zero attached hydrogens (tertiary/aromatic N) is 1. The van der Waals surface area contributed by atoms with E-state index in [0.29, 0.717) is 11.1 Å². The van der Waals surface area contributed by atoms with Crippen molar-refractivity contribution in [3.05, 3.63) is 111 Å². The number of carbonyl (C=O) groups excluding carboxylic acids is 1. The fourth-order valence-corrected chi connectivity index (χ4v) is 3.01. The second-order valence-corrected chi connectivity index (χ2v) is 6.88. The van der Waals surface area contributed by atoms with Crippen LogP contribution in [-0.4, -0.2) is 10.8 Å². The van der Waals surface area contributed by atoms with E-state index < -0.39 is 4.92 Å². The Labute approximate surface area is 169 Å². The maximum Gasteiger partial charge on any atom is 0.270 e. The highest BCUT2D eigenvalue weighted by atomic mass is 16.6. The minimum Gasteiger partial charge on any atom is -0.345 e. The van der Waals surface area contributed by atoms with E-state index in [0.717, 1.165) is 16.7 Å². The first-order chi connectivity index (χ1) is 13.9. The minimum atomic E-state index is -0.445. The van der Waals surface area contributed by atoms with Crippen LogP contribution in [0.3, 0.4) is 0 Å². The summed E-state index contributed by atoms with van der Waals surface area (Å²) in [6.45, 7) is 3.95. The molecule has 0 radical (unpaired) electrons. The number of aryl methyl sites for hydroxylation is 1. The van der Waals surface area contributed by atoms with Gasteiger partial charge in [0.1, 0.15) is 0 Å². The van der Waals surface area contributed by atoms with Gasteiger partial charge in [-0.3, -0.25) is 14.9 Å². The summed E-state index contributed by atoms with van der Waals surface area (Å²) in [6.07, 6.45) is 1.68. The number of non-ortho nitro benzene ring substituents is 1. The maximum atomic E-state index is 13.1. The van der Waals surface area contributed by atoms with Gasteiger partial charge in [-0.1, -0.05) is 72.3 Å². The Balaban J connectivity index is 1.93. The average molecular weight is 386 g/mol. The van der Waals surface area contributed by atoms with E-state index >= 15 is 0 Å². The molecule has 1 N–H and O–H groups in total. The van der Waals surface area contributed by atoms with Crippen LogP contribution in [0.25, 0.3) is 11.6 Å². The third-order valence-corrected chi connectivity index (χ3v) is 4.65. The van der Waals surface area contributed by atoms with Crippen molar-refractivity contribution in [2.45, 2.75) is 19.9 Å². The Morgan fingerprint density at radius 1 is 1.00 bits per heavy atom. The zero-order chi connectivity index (χ0) is 20.8. The van der Waals surface area contributed by atoms with Crippen LogP contribution in [0.4, 0.5) is 5.69 Å². The predicted octanol–water partition coefficient (Wildman–Crippen LogP) is 5.32. The number of carbonyl (C=O) groups is 1. The molecule has 146 valence electrons. The standard InChI is InChI=1S/C24H22N2O3/c1-17-11-13-20(14-12-17)18(2)25-24(27)23(21-8-4-3-5-9-21)16-19-7-6-10-22(15-19)26(28)29/h3-16,18H,1-2H3,(H,25,27)/b23-16+/t18-/m1/s1. The van der Waals surface area contributed by atoms with Crippen LogP contribution in [0.15, 0.2) is 78.9 Å². The van der Waals surface area contributed by atoms with E-state index in [9.17, 15) is 14.9 Å². The molecule has 0 bridgehead atoms. The molecule has 3 rings (SSSR count). The van der Waals surface area contributed by atoms with Gasteiger partial charge in [0.05, 0.1) is 11.0 Å². The second-order valence-electron chi connectivity index (χ2n) is 6.88. The Kier molecular flexibility index (Phi) is 6.19. The van der Waals surface area contributed by atoms with Gasteiger partial charge in [-0.05, 0) is 36.6 Å². The first-order valence-electron chi connectivity index (χ1n) is 9.33. The molecule has 0 unspecified atom stereocenters. The van der Waals surface area contributed by atoms with Crippen LogP contribution in [0.2, 0.25) is 0 Å². The monoisotopic (exact) mass is 386 g/mol. The normalized spacial score (nSPS) is 12.3. The van der Waals surface area contributed by atoms with Crippen molar-refractivity contribution in [3.8, 4) is 0 Å². The molecule has 0 aliphatic carbocycles. The predicted molar refractivity (Wildman–Crippen MR) is 115 cm³/mol. The van der Waals surface area contributed by atoms with E-state index in [4.69, 9.17) is 0 Å². The lowest BCUT2D eigenvalue weighted by atomic mass is 10.0. The van der Waals surface area contributed by atoms with Crippen LogP contribution < -0.4 is 5.32 Å². The molecule has 1 amide bonds. The van der Waals surface area contributed by atoms with Gasteiger partial charge in [0, 0.05) is 17.7 Å². The summed E-state index contributed by atoms with van der Waals surface area (Å²) in [6, 6.07) is 23.3. The van der Waals surface area contributed by atoms with E-state index in [1.807, 2.05) is 68.4 Å². The van der Waals surface area contributed by atoms with Gasteiger partial charge in [0.25, 0.3) is 11.6 Å². The maximum absolute atomic E-state index is 13.1. The highest BCUT2D eigenvalue weighted by molar-refractivity contribution is 6.24. The summed E-state index contributed by atoms with van der Waals surface area (Å²) in [5.41, 5.74) is 3.93. The first-order valence-corrected chi connectivity index (χ1v) is 9.33. The summed E-state index contributed by atoms with van der Waals surface area (Å²) in [7, 11) is 0. The minimum absolute atomic E-state index is 0.0143. The van der Waals surface area contributed by atoms with Crippen LogP contribution in [0, 0.1) is 17.0 Å². The third-order valence-electron chi connectivity index (χ3n) is 4.65. The topological polar surface area (TPSA) is 72.2 Å². The molecule has 29 heavy (non-hydrogen) atoms. The van der Waals surface area contributed by atoms with Gasteiger partial charge >= 0.3 is 0 Å². The van der Waals surface area contributed by atoms with Gasteiger partial charge in [0.2, 0.25) is 0 Å². The number of benzene rings is 3. The summed E-state index contributed by atoms with van der Waals surface area (Å²) in [5.74, 6) is -0.240. The van der Waals surface area contributed by atoms with E-state index in [2.05, 4.69) is 5.32 Å². The lowest BCUT2D eigenvalue weighted by Gasteiger charge is -2.16. The van der Waals surface area contributed by atoms with Crippen molar-refractivity contribution in [3.63, 3.8) is 0 Å². The van der Waals surface area contributed by atoms with Crippen molar-refractivity contribution in [1.82, 2.24) is 5.32 Å². The number of nitro groups is 1. The van der Waals surface area contributed by atoms with Crippen molar-refractivity contribution < 1.29 is 9.72 Å². The molecule has 0 heterocycles. The molecule has 0 saturated heterocycles. The van der Waals surface area contributed by atoms with Crippen LogP contribution in [0.1, 0.15) is 35.2 Å². The van der Waals surface area contributed by atoms with Gasteiger partial charge in [0.15, 0.2) is 0 Å². The van der Waals surface area contributed by atoms with Crippen LogP contribution >= 0.6 is 0 Å². The number of hydrogen-bond donors (Lipinski definition) is 1. The molecule has 3 aromatic rings. The Hall–Kier alpha value is -3.73. The van der Waals surface area contributed by atoms with Crippen molar-refractivity contribution in [2.24, 2.45) is 0 Å². The Morgan fingerprint density at radius 3 is 2.34 bits per heavy atom. The molecule has 0 aromatic heterocycles. The largest absolute Gasteiger partial charge is 0.345 e. The van der Waals surface area contributed by atoms with Crippen LogP contribution in [0.5, 0.6) is 0 Å².